The van der Waals surface area contributed by atoms with Crippen LogP contribution in [0.3, 0.4) is 0 Å². The molecule has 0 spiro atoms. The summed E-state index contributed by atoms with van der Waals surface area (Å²) in [4.78, 5) is 15.1. The molecule has 5 nitrogen and oxygen atoms in total. The minimum Gasteiger partial charge on any atom is -0.380 e. The average Bonchev–Trinajstić information content (AvgIpc) is 2.81. The zero-order valence-electron chi connectivity index (χ0n) is 14.2. The van der Waals surface area contributed by atoms with Gasteiger partial charge in [0.25, 0.3) is 5.91 Å². The summed E-state index contributed by atoms with van der Waals surface area (Å²) in [6, 6.07) is 4.11. The largest absolute Gasteiger partial charge is 0.380 e. The van der Waals surface area contributed by atoms with Gasteiger partial charge >= 0.3 is 0 Å². The van der Waals surface area contributed by atoms with E-state index in [-0.39, 0.29) is 5.91 Å². The molecule has 0 aliphatic carbocycles. The summed E-state index contributed by atoms with van der Waals surface area (Å²) < 4.78 is 5.30. The number of amides is 1. The van der Waals surface area contributed by atoms with Gasteiger partial charge in [-0.15, -0.1) is 0 Å². The van der Waals surface area contributed by atoms with Gasteiger partial charge in [-0.25, -0.2) is 0 Å². The molecule has 0 saturated heterocycles. The third-order valence-electron chi connectivity index (χ3n) is 4.81. The fraction of sp³-hybridized carbons (Fsp3) is 0.611. The number of anilines is 1. The van der Waals surface area contributed by atoms with Gasteiger partial charge in [-0.1, -0.05) is 13.0 Å². The lowest BCUT2D eigenvalue weighted by Crippen LogP contribution is -2.28. The Morgan fingerprint density at radius 1 is 1.43 bits per heavy atom. The molecular weight excluding hydrogens is 290 g/mol. The molecule has 1 atom stereocenters. The molecule has 126 valence electrons. The lowest BCUT2D eigenvalue weighted by Gasteiger charge is -2.19. The second kappa shape index (κ2) is 7.32. The Bertz CT molecular complexity index is 574. The Balaban J connectivity index is 1.87. The van der Waals surface area contributed by atoms with Crippen LogP contribution in [0.1, 0.15) is 47.7 Å². The molecule has 1 unspecified atom stereocenters. The van der Waals surface area contributed by atoms with Crippen LogP contribution in [0.4, 0.5) is 5.69 Å². The van der Waals surface area contributed by atoms with Crippen molar-refractivity contribution >= 4 is 11.6 Å². The predicted molar refractivity (Wildman–Crippen MR) is 92.2 cm³/mol. The number of carbonyl (C=O) groups excluding carboxylic acids is 1. The Hall–Kier alpha value is -1.59. The predicted octanol–water partition coefficient (Wildman–Crippen LogP) is 1.87. The van der Waals surface area contributed by atoms with E-state index in [1.165, 1.54) is 16.8 Å². The molecule has 1 aromatic carbocycles. The Kier molecular flexibility index (Phi) is 5.18. The van der Waals surface area contributed by atoms with Crippen molar-refractivity contribution < 1.29 is 9.53 Å². The first-order chi connectivity index (χ1) is 11.3. The Morgan fingerprint density at radius 3 is 3.09 bits per heavy atom. The molecular formula is C18H27N3O2. The van der Waals surface area contributed by atoms with Crippen molar-refractivity contribution in [2.24, 2.45) is 0 Å². The normalized spacial score (nSPS) is 19.4. The Morgan fingerprint density at radius 2 is 2.30 bits per heavy atom. The summed E-state index contributed by atoms with van der Waals surface area (Å²) in [7, 11) is 0. The highest BCUT2D eigenvalue weighted by atomic mass is 16.5. The first kappa shape index (κ1) is 16.3. The zero-order chi connectivity index (χ0) is 16.2. The molecule has 23 heavy (non-hydrogen) atoms. The maximum atomic E-state index is 12.6. The second-order valence-corrected chi connectivity index (χ2v) is 6.22. The van der Waals surface area contributed by atoms with Gasteiger partial charge in [-0.2, -0.15) is 0 Å². The maximum absolute atomic E-state index is 12.6. The van der Waals surface area contributed by atoms with Crippen LogP contribution >= 0.6 is 0 Å². The maximum Gasteiger partial charge on any atom is 0.251 e. The van der Waals surface area contributed by atoms with Crippen molar-refractivity contribution in [1.29, 1.82) is 0 Å². The van der Waals surface area contributed by atoms with E-state index in [1.807, 2.05) is 13.0 Å². The third-order valence-corrected chi connectivity index (χ3v) is 4.81. The van der Waals surface area contributed by atoms with E-state index >= 15 is 0 Å². The van der Waals surface area contributed by atoms with Crippen LogP contribution in [-0.2, 0) is 11.3 Å². The number of hydrogen-bond donors (Lipinski definition) is 2. The van der Waals surface area contributed by atoms with Gasteiger partial charge in [0.05, 0.1) is 6.61 Å². The van der Waals surface area contributed by atoms with Crippen molar-refractivity contribution in [1.82, 2.24) is 10.6 Å². The van der Waals surface area contributed by atoms with Crippen LogP contribution < -0.4 is 15.5 Å². The minimum absolute atomic E-state index is 0.0278. The summed E-state index contributed by atoms with van der Waals surface area (Å²) in [5.41, 5.74) is 4.72. The average molecular weight is 317 g/mol. The van der Waals surface area contributed by atoms with Gasteiger partial charge in [0.2, 0.25) is 0 Å². The highest BCUT2D eigenvalue weighted by molar-refractivity contribution is 5.98. The number of ether oxygens (including phenoxy) is 1. The molecule has 0 saturated carbocycles. The Labute approximate surface area is 138 Å². The van der Waals surface area contributed by atoms with Gasteiger partial charge in [0, 0.05) is 56.5 Å². The van der Waals surface area contributed by atoms with Gasteiger partial charge in [-0.3, -0.25) is 4.79 Å². The molecule has 2 aliphatic rings. The number of nitrogens with one attached hydrogen (secondary N) is 2. The molecule has 5 heteroatoms. The van der Waals surface area contributed by atoms with Crippen LogP contribution in [0.5, 0.6) is 0 Å². The molecule has 2 aliphatic heterocycles. The molecule has 0 bridgehead atoms. The van der Waals surface area contributed by atoms with Crippen LogP contribution in [0.25, 0.3) is 0 Å². The van der Waals surface area contributed by atoms with Crippen molar-refractivity contribution in [2.75, 3.05) is 44.3 Å². The zero-order valence-corrected chi connectivity index (χ0v) is 14.2. The second-order valence-electron chi connectivity index (χ2n) is 6.22. The van der Waals surface area contributed by atoms with E-state index in [9.17, 15) is 4.79 Å². The molecule has 0 fully saturated rings. The molecule has 2 heterocycles. The lowest BCUT2D eigenvalue weighted by molar-refractivity contribution is 0.0921. The van der Waals surface area contributed by atoms with Gasteiger partial charge in [-0.05, 0) is 30.5 Å². The fourth-order valence-electron chi connectivity index (χ4n) is 3.68. The van der Waals surface area contributed by atoms with Crippen molar-refractivity contribution in [3.05, 3.63) is 28.8 Å². The van der Waals surface area contributed by atoms with E-state index in [2.05, 4.69) is 28.5 Å². The van der Waals surface area contributed by atoms with E-state index in [4.69, 9.17) is 4.74 Å². The molecule has 0 aromatic heterocycles. The number of benzene rings is 1. The summed E-state index contributed by atoms with van der Waals surface area (Å²) in [6.45, 7) is 9.92. The third kappa shape index (κ3) is 3.21. The van der Waals surface area contributed by atoms with Crippen molar-refractivity contribution in [2.45, 2.75) is 32.7 Å². The van der Waals surface area contributed by atoms with Gasteiger partial charge in [0.1, 0.15) is 0 Å². The number of carbonyl (C=O) groups is 1. The van der Waals surface area contributed by atoms with Crippen molar-refractivity contribution in [3.63, 3.8) is 0 Å². The molecule has 3 rings (SSSR count). The SMILES string of the molecule is CCOCCNC(=O)c1ccc2c3c1C(CC)CN3CCNC2. The molecule has 1 amide bonds. The summed E-state index contributed by atoms with van der Waals surface area (Å²) in [5.74, 6) is 0.482. The highest BCUT2D eigenvalue weighted by Gasteiger charge is 2.34. The topological polar surface area (TPSA) is 53.6 Å². The lowest BCUT2D eigenvalue weighted by atomic mass is 9.91. The summed E-state index contributed by atoms with van der Waals surface area (Å²) in [6.07, 6.45) is 1.07. The molecule has 2 N–H and O–H groups in total. The molecule has 1 aromatic rings. The first-order valence-corrected chi connectivity index (χ1v) is 8.73. The fourth-order valence-corrected chi connectivity index (χ4v) is 3.68. The van der Waals surface area contributed by atoms with Crippen LogP contribution in [0, 0.1) is 0 Å². The number of nitrogens with zero attached hydrogens (tertiary/aromatic N) is 1. The summed E-state index contributed by atoms with van der Waals surface area (Å²) >= 11 is 0. The first-order valence-electron chi connectivity index (χ1n) is 8.73. The quantitative estimate of drug-likeness (QED) is 0.787. The van der Waals surface area contributed by atoms with E-state index < -0.39 is 0 Å². The van der Waals surface area contributed by atoms with E-state index in [1.54, 1.807) is 0 Å². The minimum atomic E-state index is 0.0278. The molecule has 0 radical (unpaired) electrons. The van der Waals surface area contributed by atoms with Gasteiger partial charge < -0.3 is 20.3 Å². The monoisotopic (exact) mass is 317 g/mol. The van der Waals surface area contributed by atoms with E-state index in [0.717, 1.165) is 38.2 Å². The smallest absolute Gasteiger partial charge is 0.251 e. The highest BCUT2D eigenvalue weighted by Crippen LogP contribution is 2.43. The number of rotatable bonds is 6. The van der Waals surface area contributed by atoms with E-state index in [0.29, 0.717) is 25.7 Å². The van der Waals surface area contributed by atoms with Gasteiger partial charge in [0.15, 0.2) is 0 Å². The van der Waals surface area contributed by atoms with Crippen LogP contribution in [0.2, 0.25) is 0 Å². The van der Waals surface area contributed by atoms with Crippen LogP contribution in [-0.4, -0.2) is 45.3 Å². The van der Waals surface area contributed by atoms with Crippen molar-refractivity contribution in [3.8, 4) is 0 Å². The van der Waals surface area contributed by atoms with Crippen LogP contribution in [0.15, 0.2) is 12.1 Å². The summed E-state index contributed by atoms with van der Waals surface area (Å²) in [5, 5.41) is 6.46. The standard InChI is InChI=1S/C18H27N3O2/c1-3-13-12-21-9-7-19-11-14-5-6-15(16(13)17(14)21)18(22)20-8-10-23-4-2/h5-6,13,19H,3-4,7-12H2,1-2H3,(H,20,22). The number of hydrogen-bond acceptors (Lipinski definition) is 4.